The summed E-state index contributed by atoms with van der Waals surface area (Å²) < 4.78 is 9.87. The van der Waals surface area contributed by atoms with Crippen molar-refractivity contribution >= 4 is 16.6 Å². The van der Waals surface area contributed by atoms with Crippen LogP contribution >= 0.6 is 0 Å². The second-order valence-electron chi connectivity index (χ2n) is 4.27. The van der Waals surface area contributed by atoms with Crippen LogP contribution in [0.4, 0.5) is 0 Å². The van der Waals surface area contributed by atoms with Gasteiger partial charge >= 0.3 is 0 Å². The molecule has 16 heavy (non-hydrogen) atoms. The minimum atomic E-state index is 0.947. The molecule has 0 aliphatic rings. The smallest absolute Gasteiger partial charge is 0.287 e. The van der Waals surface area contributed by atoms with Crippen molar-refractivity contribution in [3.05, 3.63) is 36.0 Å². The highest BCUT2D eigenvalue weighted by molar-refractivity contribution is 5.81. The molecule has 0 N–H and O–H groups in total. The fourth-order valence-corrected chi connectivity index (χ4v) is 2.25. The van der Waals surface area contributed by atoms with Gasteiger partial charge in [-0.15, -0.1) is 0 Å². The van der Waals surface area contributed by atoms with Crippen molar-refractivity contribution in [1.29, 1.82) is 0 Å². The first-order valence-corrected chi connectivity index (χ1v) is 5.58. The van der Waals surface area contributed by atoms with E-state index in [-0.39, 0.29) is 0 Å². The zero-order chi connectivity index (χ0) is 11.3. The van der Waals surface area contributed by atoms with E-state index in [2.05, 4.69) is 48.3 Å². The second kappa shape index (κ2) is 3.11. The van der Waals surface area contributed by atoms with Crippen molar-refractivity contribution in [1.82, 2.24) is 4.57 Å². The molecule has 3 nitrogen and oxygen atoms in total. The molecular weight excluding hydrogens is 200 g/mol. The molecule has 0 aliphatic carbocycles. The molecule has 82 valence electrons. The van der Waals surface area contributed by atoms with E-state index in [1.165, 1.54) is 22.3 Å². The number of imidazole rings is 1. The molecule has 0 saturated heterocycles. The summed E-state index contributed by atoms with van der Waals surface area (Å²) >= 11 is 0. The summed E-state index contributed by atoms with van der Waals surface area (Å²) in [6, 6.07) is 2.19. The molecule has 3 aromatic rings. The molecule has 3 heteroatoms. The molecule has 3 heterocycles. The third kappa shape index (κ3) is 1.11. The SMILES string of the molecule is CCc1c[n+]2cc3occ(C)c3cc2n1C. The number of fused-ring (bicyclic) bond motifs is 2. The largest absolute Gasteiger partial charge is 0.460 e. The lowest BCUT2D eigenvalue weighted by Crippen LogP contribution is -2.17. The lowest BCUT2D eigenvalue weighted by Gasteiger charge is -1.91. The van der Waals surface area contributed by atoms with Gasteiger partial charge in [-0.25, -0.2) is 4.57 Å². The van der Waals surface area contributed by atoms with Crippen LogP contribution in [-0.2, 0) is 13.5 Å². The molecule has 0 fully saturated rings. The van der Waals surface area contributed by atoms with Gasteiger partial charge in [0.1, 0.15) is 18.1 Å². The molecular formula is C13H15N2O+. The average molecular weight is 215 g/mol. The van der Waals surface area contributed by atoms with Gasteiger partial charge in [-0.05, 0) is 12.5 Å². The maximum absolute atomic E-state index is 5.51. The maximum atomic E-state index is 5.51. The third-order valence-electron chi connectivity index (χ3n) is 3.27. The van der Waals surface area contributed by atoms with Crippen LogP contribution in [0.5, 0.6) is 0 Å². The zero-order valence-corrected chi connectivity index (χ0v) is 9.82. The van der Waals surface area contributed by atoms with Crippen molar-refractivity contribution in [2.45, 2.75) is 20.3 Å². The minimum Gasteiger partial charge on any atom is -0.460 e. The van der Waals surface area contributed by atoms with Crippen LogP contribution in [0.15, 0.2) is 29.1 Å². The summed E-state index contributed by atoms with van der Waals surface area (Å²) in [5.41, 5.74) is 4.67. The summed E-state index contributed by atoms with van der Waals surface area (Å²) in [6.45, 7) is 4.25. The fourth-order valence-electron chi connectivity index (χ4n) is 2.25. The summed E-state index contributed by atoms with van der Waals surface area (Å²) in [7, 11) is 2.11. The Labute approximate surface area is 93.9 Å². The molecule has 0 atom stereocenters. The molecule has 0 aromatic carbocycles. The monoisotopic (exact) mass is 215 g/mol. The molecule has 0 unspecified atom stereocenters. The van der Waals surface area contributed by atoms with Gasteiger partial charge in [0, 0.05) is 17.9 Å². The van der Waals surface area contributed by atoms with E-state index in [0.29, 0.717) is 0 Å². The van der Waals surface area contributed by atoms with Crippen LogP contribution in [0, 0.1) is 6.92 Å². The Hall–Kier alpha value is -1.77. The quantitative estimate of drug-likeness (QED) is 0.571. The first kappa shape index (κ1) is 9.46. The first-order valence-electron chi connectivity index (χ1n) is 5.58. The highest BCUT2D eigenvalue weighted by atomic mass is 16.3. The van der Waals surface area contributed by atoms with Gasteiger partial charge in [-0.3, -0.25) is 0 Å². The summed E-state index contributed by atoms with van der Waals surface area (Å²) in [5.74, 6) is 0. The lowest BCUT2D eigenvalue weighted by molar-refractivity contribution is -0.509. The van der Waals surface area contributed by atoms with E-state index in [1.54, 1.807) is 0 Å². The molecule has 0 radical (unpaired) electrons. The van der Waals surface area contributed by atoms with Gasteiger partial charge in [-0.2, -0.15) is 4.40 Å². The molecule has 0 saturated carbocycles. The van der Waals surface area contributed by atoms with Gasteiger partial charge in [0.2, 0.25) is 0 Å². The summed E-state index contributed by atoms with van der Waals surface area (Å²) in [4.78, 5) is 0. The van der Waals surface area contributed by atoms with Crippen molar-refractivity contribution < 1.29 is 8.82 Å². The third-order valence-corrected chi connectivity index (χ3v) is 3.27. The maximum Gasteiger partial charge on any atom is 0.287 e. The van der Waals surface area contributed by atoms with Gasteiger partial charge in [0.05, 0.1) is 13.3 Å². The Morgan fingerprint density at radius 3 is 2.94 bits per heavy atom. The topological polar surface area (TPSA) is 22.2 Å². The number of rotatable bonds is 1. The molecule has 3 rings (SSSR count). The van der Waals surface area contributed by atoms with Gasteiger partial charge in [0.15, 0.2) is 5.58 Å². The van der Waals surface area contributed by atoms with Crippen molar-refractivity contribution in [2.24, 2.45) is 7.05 Å². The lowest BCUT2D eigenvalue weighted by atomic mass is 10.2. The van der Waals surface area contributed by atoms with Crippen LogP contribution in [0.2, 0.25) is 0 Å². The highest BCUT2D eigenvalue weighted by Gasteiger charge is 2.15. The van der Waals surface area contributed by atoms with Crippen LogP contribution in [0.25, 0.3) is 16.6 Å². The average Bonchev–Trinajstić information content (AvgIpc) is 2.79. The van der Waals surface area contributed by atoms with Crippen LogP contribution in [-0.4, -0.2) is 4.57 Å². The molecule has 0 spiro atoms. The highest BCUT2D eigenvalue weighted by Crippen LogP contribution is 2.20. The van der Waals surface area contributed by atoms with Crippen LogP contribution < -0.4 is 4.40 Å². The van der Waals surface area contributed by atoms with E-state index in [9.17, 15) is 0 Å². The van der Waals surface area contributed by atoms with E-state index >= 15 is 0 Å². The number of aryl methyl sites for hydroxylation is 3. The Bertz CT molecular complexity index is 676. The Morgan fingerprint density at radius 1 is 1.38 bits per heavy atom. The molecule has 0 amide bonds. The number of nitrogens with zero attached hydrogens (tertiary/aromatic N) is 2. The molecule has 0 bridgehead atoms. The normalized spacial score (nSPS) is 11.7. The van der Waals surface area contributed by atoms with Crippen LogP contribution in [0.3, 0.4) is 0 Å². The van der Waals surface area contributed by atoms with Crippen LogP contribution in [0.1, 0.15) is 18.2 Å². The standard InChI is InChI=1S/C13H15N2O/c1-4-10-6-15-7-12-11(9(2)8-16-12)5-13(15)14(10)3/h5-8H,4H2,1-3H3/q+1. The van der Waals surface area contributed by atoms with E-state index < -0.39 is 0 Å². The fraction of sp³-hybridized carbons (Fsp3) is 0.308. The Kier molecular flexibility index (Phi) is 1.84. The number of aromatic nitrogens is 2. The van der Waals surface area contributed by atoms with E-state index in [1.807, 2.05) is 6.26 Å². The number of pyridine rings is 1. The number of hydrogen-bond acceptors (Lipinski definition) is 1. The van der Waals surface area contributed by atoms with Gasteiger partial charge < -0.3 is 4.42 Å². The summed E-state index contributed by atoms with van der Waals surface area (Å²) in [5, 5.41) is 1.20. The van der Waals surface area contributed by atoms with E-state index in [0.717, 1.165) is 12.0 Å². The Morgan fingerprint density at radius 2 is 2.19 bits per heavy atom. The predicted molar refractivity (Wildman–Crippen MR) is 62.5 cm³/mol. The van der Waals surface area contributed by atoms with E-state index in [4.69, 9.17) is 4.42 Å². The zero-order valence-electron chi connectivity index (χ0n) is 9.82. The molecule has 3 aromatic heterocycles. The predicted octanol–water partition coefficient (Wildman–Crippen LogP) is 2.38. The van der Waals surface area contributed by atoms with Gasteiger partial charge in [-0.1, -0.05) is 6.92 Å². The van der Waals surface area contributed by atoms with Crippen molar-refractivity contribution in [2.75, 3.05) is 0 Å². The molecule has 0 aliphatic heterocycles. The number of furan rings is 1. The minimum absolute atomic E-state index is 0.947. The second-order valence-corrected chi connectivity index (χ2v) is 4.27. The van der Waals surface area contributed by atoms with Gasteiger partial charge in [0.25, 0.3) is 5.65 Å². The summed E-state index contributed by atoms with van der Waals surface area (Å²) in [6.07, 6.45) is 7.06. The number of hydrogen-bond donors (Lipinski definition) is 0. The Balaban J connectivity index is 2.45. The van der Waals surface area contributed by atoms with Crippen molar-refractivity contribution in [3.8, 4) is 0 Å². The first-order chi connectivity index (χ1) is 7.70. The van der Waals surface area contributed by atoms with Crippen molar-refractivity contribution in [3.63, 3.8) is 0 Å².